The second kappa shape index (κ2) is 7.83. The van der Waals surface area contributed by atoms with Crippen molar-refractivity contribution in [2.75, 3.05) is 27.2 Å². The quantitative estimate of drug-likeness (QED) is 0.847. The molecule has 2 aromatic heterocycles. The molecule has 5 nitrogen and oxygen atoms in total. The Hall–Kier alpha value is -2.13. The van der Waals surface area contributed by atoms with Crippen LogP contribution in [0.1, 0.15) is 21.6 Å². The largest absolute Gasteiger partial charge is 0.431 e. The minimum Gasteiger partial charge on any atom is -0.333 e. The molecule has 2 heterocycles. The maximum atomic E-state index is 12.7. The third-order valence-corrected chi connectivity index (χ3v) is 4.24. The Morgan fingerprint density at radius 1 is 1.20 bits per heavy atom. The van der Waals surface area contributed by atoms with Crippen molar-refractivity contribution in [2.24, 2.45) is 0 Å². The number of likely N-dealkylation sites (N-methyl/N-ethyl adjacent to an activating group) is 1. The number of nitrogens with zero attached hydrogens (tertiary/aromatic N) is 2. The number of thiophene rings is 1. The van der Waals surface area contributed by atoms with Gasteiger partial charge in [-0.3, -0.25) is 9.59 Å². The molecule has 0 radical (unpaired) electrons. The summed E-state index contributed by atoms with van der Waals surface area (Å²) in [5.41, 5.74) is -1.62. The Labute approximate surface area is 146 Å². The molecule has 0 aliphatic carbocycles. The van der Waals surface area contributed by atoms with Crippen molar-refractivity contribution in [3.63, 3.8) is 0 Å². The molecule has 0 aliphatic heterocycles. The van der Waals surface area contributed by atoms with E-state index in [2.05, 4.69) is 0 Å². The zero-order valence-electron chi connectivity index (χ0n) is 13.8. The van der Waals surface area contributed by atoms with Crippen LogP contribution in [0.3, 0.4) is 0 Å². The third kappa shape index (κ3) is 5.17. The van der Waals surface area contributed by atoms with Gasteiger partial charge in [-0.1, -0.05) is 0 Å². The summed E-state index contributed by atoms with van der Waals surface area (Å²) < 4.78 is 38.0. The summed E-state index contributed by atoms with van der Waals surface area (Å²) in [6, 6.07) is 3.50. The van der Waals surface area contributed by atoms with Crippen molar-refractivity contribution in [3.8, 4) is 0 Å². The van der Waals surface area contributed by atoms with Crippen LogP contribution in [0.25, 0.3) is 0 Å². The number of aromatic nitrogens is 1. The third-order valence-electron chi connectivity index (χ3n) is 3.50. The van der Waals surface area contributed by atoms with Crippen LogP contribution in [-0.4, -0.2) is 47.9 Å². The van der Waals surface area contributed by atoms with E-state index in [-0.39, 0.29) is 12.1 Å². The molecule has 0 saturated carbocycles. The molecule has 0 aromatic carbocycles. The number of hydrogen-bond acceptors (Lipinski definition) is 4. The van der Waals surface area contributed by atoms with E-state index in [0.717, 1.165) is 11.6 Å². The molecular weight excluding hydrogens is 355 g/mol. The van der Waals surface area contributed by atoms with Crippen molar-refractivity contribution >= 4 is 17.2 Å². The lowest BCUT2D eigenvalue weighted by atomic mass is 10.2. The first-order valence-electron chi connectivity index (χ1n) is 7.44. The fourth-order valence-corrected chi connectivity index (χ4v) is 2.81. The second-order valence-corrected chi connectivity index (χ2v) is 6.55. The SMILES string of the molecule is CN(C)CCN(Cc1ccsc1)C(=O)c1ccc(C(F)(F)F)[nH]c1=O. The number of hydrogen-bond donors (Lipinski definition) is 1. The first-order chi connectivity index (χ1) is 11.7. The molecule has 0 unspecified atom stereocenters. The highest BCUT2D eigenvalue weighted by Gasteiger charge is 2.32. The number of amides is 1. The number of rotatable bonds is 6. The van der Waals surface area contributed by atoms with Gasteiger partial charge in [-0.15, -0.1) is 0 Å². The number of aromatic amines is 1. The molecule has 1 amide bonds. The smallest absolute Gasteiger partial charge is 0.333 e. The van der Waals surface area contributed by atoms with Gasteiger partial charge in [-0.2, -0.15) is 24.5 Å². The highest BCUT2D eigenvalue weighted by atomic mass is 32.1. The molecule has 0 saturated heterocycles. The summed E-state index contributed by atoms with van der Waals surface area (Å²) in [6.45, 7) is 1.20. The zero-order chi connectivity index (χ0) is 18.6. The minimum absolute atomic E-state index is 0.288. The average molecular weight is 373 g/mol. The summed E-state index contributed by atoms with van der Waals surface area (Å²) in [7, 11) is 3.69. The molecule has 136 valence electrons. The molecule has 0 spiro atoms. The normalized spacial score (nSPS) is 11.8. The average Bonchev–Trinajstić information content (AvgIpc) is 3.02. The van der Waals surface area contributed by atoms with Crippen LogP contribution in [0.4, 0.5) is 13.2 Å². The summed E-state index contributed by atoms with van der Waals surface area (Å²) >= 11 is 1.48. The Bertz CT molecular complexity index is 770. The van der Waals surface area contributed by atoms with E-state index < -0.39 is 23.3 Å². The number of halogens is 3. The Kier molecular flexibility index (Phi) is 6.02. The molecule has 2 aromatic rings. The van der Waals surface area contributed by atoms with E-state index in [4.69, 9.17) is 0 Å². The molecule has 0 bridgehead atoms. The lowest BCUT2D eigenvalue weighted by molar-refractivity contribution is -0.141. The fourth-order valence-electron chi connectivity index (χ4n) is 2.15. The van der Waals surface area contributed by atoms with E-state index in [0.29, 0.717) is 19.2 Å². The molecule has 0 aliphatic rings. The van der Waals surface area contributed by atoms with Gasteiger partial charge < -0.3 is 14.8 Å². The van der Waals surface area contributed by atoms with Gasteiger partial charge in [0.2, 0.25) is 0 Å². The summed E-state index contributed by atoms with van der Waals surface area (Å²) in [5.74, 6) is -0.594. The van der Waals surface area contributed by atoms with E-state index in [9.17, 15) is 22.8 Å². The van der Waals surface area contributed by atoms with Crippen molar-refractivity contribution in [2.45, 2.75) is 12.7 Å². The van der Waals surface area contributed by atoms with Gasteiger partial charge >= 0.3 is 6.18 Å². The summed E-state index contributed by atoms with van der Waals surface area (Å²) in [5, 5.41) is 3.75. The van der Waals surface area contributed by atoms with Gasteiger partial charge in [0.15, 0.2) is 0 Å². The fraction of sp³-hybridized carbons (Fsp3) is 0.375. The van der Waals surface area contributed by atoms with Crippen LogP contribution in [-0.2, 0) is 12.7 Å². The first kappa shape index (κ1) is 19.2. The van der Waals surface area contributed by atoms with E-state index in [1.165, 1.54) is 16.2 Å². The molecular formula is C16H18F3N3O2S. The Morgan fingerprint density at radius 2 is 1.92 bits per heavy atom. The summed E-state index contributed by atoms with van der Waals surface area (Å²) in [4.78, 5) is 29.7. The van der Waals surface area contributed by atoms with Crippen LogP contribution in [0.2, 0.25) is 0 Å². The number of nitrogens with one attached hydrogen (secondary N) is 1. The van der Waals surface area contributed by atoms with Gasteiger partial charge in [0, 0.05) is 19.6 Å². The molecule has 25 heavy (non-hydrogen) atoms. The minimum atomic E-state index is -4.66. The molecule has 1 N–H and O–H groups in total. The van der Waals surface area contributed by atoms with Gasteiger partial charge in [0.25, 0.3) is 11.5 Å². The number of pyridine rings is 1. The number of carbonyl (C=O) groups excluding carboxylic acids is 1. The monoisotopic (exact) mass is 373 g/mol. The molecule has 2 rings (SSSR count). The van der Waals surface area contributed by atoms with Crippen LogP contribution >= 0.6 is 11.3 Å². The lowest BCUT2D eigenvalue weighted by Crippen LogP contribution is -2.38. The van der Waals surface area contributed by atoms with Gasteiger partial charge in [0.1, 0.15) is 11.3 Å². The highest BCUT2D eigenvalue weighted by Crippen LogP contribution is 2.26. The topological polar surface area (TPSA) is 56.4 Å². The number of H-pyrrole nitrogens is 1. The number of carbonyl (C=O) groups is 1. The molecule has 0 fully saturated rings. The van der Waals surface area contributed by atoms with E-state index in [1.807, 2.05) is 35.8 Å². The van der Waals surface area contributed by atoms with E-state index >= 15 is 0 Å². The standard InChI is InChI=1S/C16H18F3N3O2S/c1-21(2)6-7-22(9-11-5-8-25-10-11)15(24)12-3-4-13(16(17,18)19)20-14(12)23/h3-5,8,10H,6-7,9H2,1-2H3,(H,20,23). The zero-order valence-corrected chi connectivity index (χ0v) is 14.6. The van der Waals surface area contributed by atoms with Gasteiger partial charge in [0.05, 0.1) is 0 Å². The van der Waals surface area contributed by atoms with Crippen molar-refractivity contribution in [3.05, 3.63) is 56.1 Å². The predicted molar refractivity (Wildman–Crippen MR) is 89.7 cm³/mol. The summed E-state index contributed by atoms with van der Waals surface area (Å²) in [6.07, 6.45) is -4.66. The molecule has 0 atom stereocenters. The van der Waals surface area contributed by atoms with Gasteiger partial charge in [-0.05, 0) is 48.6 Å². The second-order valence-electron chi connectivity index (χ2n) is 5.77. The van der Waals surface area contributed by atoms with Crippen molar-refractivity contribution < 1.29 is 18.0 Å². The Balaban J connectivity index is 2.27. The van der Waals surface area contributed by atoms with Crippen molar-refractivity contribution in [1.29, 1.82) is 0 Å². The van der Waals surface area contributed by atoms with E-state index in [1.54, 1.807) is 4.98 Å². The number of alkyl halides is 3. The van der Waals surface area contributed by atoms with Crippen LogP contribution in [0, 0.1) is 0 Å². The Morgan fingerprint density at radius 3 is 2.44 bits per heavy atom. The first-order valence-corrected chi connectivity index (χ1v) is 8.38. The van der Waals surface area contributed by atoms with Gasteiger partial charge in [-0.25, -0.2) is 0 Å². The lowest BCUT2D eigenvalue weighted by Gasteiger charge is -2.24. The van der Waals surface area contributed by atoms with Crippen LogP contribution in [0.15, 0.2) is 33.8 Å². The van der Waals surface area contributed by atoms with Crippen molar-refractivity contribution in [1.82, 2.24) is 14.8 Å². The van der Waals surface area contributed by atoms with Crippen LogP contribution in [0.5, 0.6) is 0 Å². The predicted octanol–water partition coefficient (Wildman–Crippen LogP) is 2.66. The maximum absolute atomic E-state index is 12.7. The van der Waals surface area contributed by atoms with Crippen LogP contribution < -0.4 is 5.56 Å². The highest BCUT2D eigenvalue weighted by molar-refractivity contribution is 7.07. The maximum Gasteiger partial charge on any atom is 0.431 e. The molecule has 9 heteroatoms.